The molecule has 31 heavy (non-hydrogen) atoms. The number of aryl methyl sites for hydroxylation is 1. The Morgan fingerprint density at radius 3 is 2.81 bits per heavy atom. The van der Waals surface area contributed by atoms with E-state index < -0.39 is 0 Å². The minimum atomic E-state index is -0.352. The summed E-state index contributed by atoms with van der Waals surface area (Å²) in [7, 11) is 1.63. The molecule has 2 heterocycles. The van der Waals surface area contributed by atoms with Gasteiger partial charge >= 0.3 is 0 Å². The second-order valence-corrected chi connectivity index (χ2v) is 8.24. The number of hydrogen-bond acceptors (Lipinski definition) is 5. The Morgan fingerprint density at radius 2 is 2.03 bits per heavy atom. The van der Waals surface area contributed by atoms with Gasteiger partial charge in [0.1, 0.15) is 5.75 Å². The van der Waals surface area contributed by atoms with Crippen molar-refractivity contribution < 1.29 is 14.3 Å². The average molecular weight is 434 g/mol. The Morgan fingerprint density at radius 1 is 1.23 bits per heavy atom. The minimum Gasteiger partial charge on any atom is -0.496 e. The molecule has 0 spiro atoms. The number of nitrogens with zero attached hydrogens (tertiary/aromatic N) is 2. The summed E-state index contributed by atoms with van der Waals surface area (Å²) in [6, 6.07) is 13.4. The summed E-state index contributed by atoms with van der Waals surface area (Å²) in [6.07, 6.45) is 3.78. The van der Waals surface area contributed by atoms with Crippen molar-refractivity contribution in [3.63, 3.8) is 0 Å². The second-order valence-electron chi connectivity index (χ2n) is 7.38. The lowest BCUT2D eigenvalue weighted by Gasteiger charge is -2.32. The van der Waals surface area contributed by atoms with Crippen molar-refractivity contribution in [3.05, 3.63) is 70.7 Å². The molecule has 0 radical (unpaired) electrons. The van der Waals surface area contributed by atoms with Gasteiger partial charge in [-0.3, -0.25) is 9.59 Å². The number of fused-ring (bicyclic) bond motifs is 1. The zero-order valence-corrected chi connectivity index (χ0v) is 18.4. The van der Waals surface area contributed by atoms with Crippen LogP contribution >= 0.6 is 11.3 Å². The Hall–Kier alpha value is -3.45. The number of methoxy groups -OCH3 is 1. The van der Waals surface area contributed by atoms with Gasteiger partial charge in [0.05, 0.1) is 25.3 Å². The maximum absolute atomic E-state index is 12.9. The molecular formula is C24H23N3O3S. The number of carbonyl (C=O) groups is 2. The van der Waals surface area contributed by atoms with Crippen molar-refractivity contribution in [2.45, 2.75) is 26.3 Å². The molecule has 1 aromatic heterocycles. The van der Waals surface area contributed by atoms with Crippen LogP contribution in [-0.2, 0) is 9.59 Å². The fraction of sp³-hybridized carbons (Fsp3) is 0.208. The van der Waals surface area contributed by atoms with Gasteiger partial charge in [0, 0.05) is 24.1 Å². The summed E-state index contributed by atoms with van der Waals surface area (Å²) in [6.45, 7) is 3.51. The third kappa shape index (κ3) is 4.36. The van der Waals surface area contributed by atoms with Crippen molar-refractivity contribution in [3.8, 4) is 17.0 Å². The quantitative estimate of drug-likeness (QED) is 0.613. The third-order valence-electron chi connectivity index (χ3n) is 5.23. The number of amides is 2. The van der Waals surface area contributed by atoms with Crippen LogP contribution < -0.4 is 10.1 Å². The van der Waals surface area contributed by atoms with E-state index in [1.54, 1.807) is 18.2 Å². The first-order valence-corrected chi connectivity index (χ1v) is 10.8. The van der Waals surface area contributed by atoms with Gasteiger partial charge < -0.3 is 15.0 Å². The number of aromatic nitrogens is 1. The summed E-state index contributed by atoms with van der Waals surface area (Å²) in [5.41, 5.74) is 4.70. The zero-order valence-electron chi connectivity index (χ0n) is 17.6. The Labute approximate surface area is 185 Å². The van der Waals surface area contributed by atoms with Gasteiger partial charge in [-0.15, -0.1) is 11.3 Å². The number of nitrogens with one attached hydrogen (secondary N) is 1. The van der Waals surface area contributed by atoms with Crippen molar-refractivity contribution in [1.82, 2.24) is 9.88 Å². The number of anilines is 1. The molecule has 1 unspecified atom stereocenters. The van der Waals surface area contributed by atoms with Gasteiger partial charge in [0.2, 0.25) is 11.8 Å². The predicted molar refractivity (Wildman–Crippen MR) is 123 cm³/mol. The monoisotopic (exact) mass is 433 g/mol. The molecule has 2 amide bonds. The predicted octanol–water partition coefficient (Wildman–Crippen LogP) is 5.03. The van der Waals surface area contributed by atoms with Crippen LogP contribution in [0.2, 0.25) is 0 Å². The number of benzene rings is 2. The van der Waals surface area contributed by atoms with Crippen LogP contribution in [-0.4, -0.2) is 28.8 Å². The minimum absolute atomic E-state index is 0.105. The van der Waals surface area contributed by atoms with Crippen LogP contribution in [0.1, 0.15) is 36.1 Å². The summed E-state index contributed by atoms with van der Waals surface area (Å²) in [4.78, 5) is 31.2. The lowest BCUT2D eigenvalue weighted by molar-refractivity contribution is -0.129. The van der Waals surface area contributed by atoms with Crippen molar-refractivity contribution in [2.24, 2.45) is 0 Å². The lowest BCUT2D eigenvalue weighted by atomic mass is 9.93. The topological polar surface area (TPSA) is 71.5 Å². The van der Waals surface area contributed by atoms with E-state index in [1.165, 1.54) is 18.3 Å². The fourth-order valence-corrected chi connectivity index (χ4v) is 4.46. The molecule has 0 saturated heterocycles. The van der Waals surface area contributed by atoms with Crippen LogP contribution in [0, 0.1) is 6.92 Å². The summed E-state index contributed by atoms with van der Waals surface area (Å²) in [5, 5.41) is 5.30. The Balaban J connectivity index is 1.53. The molecule has 1 atom stereocenters. The van der Waals surface area contributed by atoms with Crippen LogP contribution in [0.5, 0.6) is 5.75 Å². The Bertz CT molecular complexity index is 1170. The SMILES string of the molecule is COc1ccc(C)cc1-c1csc(NC(=O)CC2c3ccccc3C=CN2C(C)=O)n1. The maximum Gasteiger partial charge on any atom is 0.228 e. The van der Waals surface area contributed by atoms with Crippen molar-refractivity contribution in [1.29, 1.82) is 0 Å². The molecular weight excluding hydrogens is 410 g/mol. The number of ether oxygens (including phenoxy) is 1. The largest absolute Gasteiger partial charge is 0.496 e. The van der Waals surface area contributed by atoms with E-state index in [0.29, 0.717) is 5.13 Å². The molecule has 4 rings (SSSR count). The van der Waals surface area contributed by atoms with E-state index in [0.717, 1.165) is 33.7 Å². The van der Waals surface area contributed by atoms with Gasteiger partial charge in [-0.1, -0.05) is 35.9 Å². The number of carbonyl (C=O) groups excluding carboxylic acids is 2. The van der Waals surface area contributed by atoms with Gasteiger partial charge in [0.25, 0.3) is 0 Å². The highest BCUT2D eigenvalue weighted by atomic mass is 32.1. The summed E-state index contributed by atoms with van der Waals surface area (Å²) in [5.74, 6) is 0.432. The first-order valence-electron chi connectivity index (χ1n) is 9.92. The summed E-state index contributed by atoms with van der Waals surface area (Å²) < 4.78 is 5.45. The fourth-order valence-electron chi connectivity index (χ4n) is 3.74. The van der Waals surface area contributed by atoms with Gasteiger partial charge in [-0.2, -0.15) is 0 Å². The zero-order chi connectivity index (χ0) is 22.0. The van der Waals surface area contributed by atoms with Crippen LogP contribution in [0.25, 0.3) is 17.3 Å². The van der Waals surface area contributed by atoms with E-state index in [-0.39, 0.29) is 24.3 Å². The number of hydrogen-bond donors (Lipinski definition) is 1. The van der Waals surface area contributed by atoms with E-state index in [1.807, 2.05) is 60.8 Å². The highest BCUT2D eigenvalue weighted by molar-refractivity contribution is 7.14. The molecule has 3 aromatic rings. The second kappa shape index (κ2) is 8.73. The van der Waals surface area contributed by atoms with Gasteiger partial charge in [-0.05, 0) is 36.3 Å². The lowest BCUT2D eigenvalue weighted by Crippen LogP contribution is -2.33. The summed E-state index contributed by atoms with van der Waals surface area (Å²) >= 11 is 1.36. The third-order valence-corrected chi connectivity index (χ3v) is 5.99. The van der Waals surface area contributed by atoms with E-state index in [2.05, 4.69) is 10.3 Å². The van der Waals surface area contributed by atoms with Crippen molar-refractivity contribution >= 4 is 34.4 Å². The standard InChI is InChI=1S/C24H23N3O3S/c1-15-8-9-22(30-3)19(12-15)20-14-31-24(25-20)26-23(29)13-21-18-7-5-4-6-17(18)10-11-27(21)16(2)28/h4-12,14,21H,13H2,1-3H3,(H,25,26,29). The van der Waals surface area contributed by atoms with Gasteiger partial charge in [-0.25, -0.2) is 4.98 Å². The normalized spacial score (nSPS) is 14.8. The first kappa shape index (κ1) is 20.8. The van der Waals surface area contributed by atoms with E-state index in [9.17, 15) is 9.59 Å². The number of thiazole rings is 1. The Kier molecular flexibility index (Phi) is 5.86. The molecule has 0 fully saturated rings. The average Bonchev–Trinajstić information content (AvgIpc) is 3.21. The van der Waals surface area contributed by atoms with E-state index in [4.69, 9.17) is 4.74 Å². The molecule has 0 saturated carbocycles. The van der Waals surface area contributed by atoms with Gasteiger partial charge in [0.15, 0.2) is 5.13 Å². The maximum atomic E-state index is 12.9. The van der Waals surface area contributed by atoms with Crippen LogP contribution in [0.15, 0.2) is 54.0 Å². The molecule has 7 heteroatoms. The first-order chi connectivity index (χ1) is 15.0. The molecule has 0 bridgehead atoms. The number of rotatable bonds is 5. The molecule has 1 N–H and O–H groups in total. The van der Waals surface area contributed by atoms with Crippen LogP contribution in [0.4, 0.5) is 5.13 Å². The van der Waals surface area contributed by atoms with Crippen LogP contribution in [0.3, 0.4) is 0 Å². The molecule has 0 aliphatic carbocycles. The molecule has 1 aliphatic heterocycles. The smallest absolute Gasteiger partial charge is 0.228 e. The molecule has 6 nitrogen and oxygen atoms in total. The molecule has 1 aliphatic rings. The highest BCUT2D eigenvalue weighted by Crippen LogP contribution is 2.35. The van der Waals surface area contributed by atoms with E-state index >= 15 is 0 Å². The molecule has 158 valence electrons. The molecule has 2 aromatic carbocycles. The highest BCUT2D eigenvalue weighted by Gasteiger charge is 2.28. The van der Waals surface area contributed by atoms with Crippen molar-refractivity contribution in [2.75, 3.05) is 12.4 Å².